The summed E-state index contributed by atoms with van der Waals surface area (Å²) in [4.78, 5) is 0.431. The molecule has 2 aromatic rings. The molecule has 0 aliphatic carbocycles. The summed E-state index contributed by atoms with van der Waals surface area (Å²) in [6.07, 6.45) is 1.32. The van der Waals surface area contributed by atoms with E-state index in [1.165, 1.54) is 6.26 Å². The fourth-order valence-electron chi connectivity index (χ4n) is 1.77. The number of rotatable bonds is 5. The highest BCUT2D eigenvalue weighted by atomic mass is 32.2. The lowest BCUT2D eigenvalue weighted by Crippen LogP contribution is -2.05. The molecule has 0 atom stereocenters. The van der Waals surface area contributed by atoms with E-state index in [9.17, 15) is 8.42 Å². The summed E-state index contributed by atoms with van der Waals surface area (Å²) in [5.41, 5.74) is 0.616. The van der Waals surface area contributed by atoms with E-state index >= 15 is 0 Å². The molecule has 4 heteroatoms. The Balaban J connectivity index is 2.53. The van der Waals surface area contributed by atoms with Gasteiger partial charge < -0.3 is 4.74 Å². The summed E-state index contributed by atoms with van der Waals surface area (Å²) in [6, 6.07) is 17.3. The van der Waals surface area contributed by atoms with Gasteiger partial charge in [0.15, 0.2) is 0 Å². The van der Waals surface area contributed by atoms with E-state index in [2.05, 4.69) is 0 Å². The average Bonchev–Trinajstić information content (AvgIpc) is 2.49. The molecule has 0 bridgehead atoms. The number of hydrogen-bond donors (Lipinski definition) is 0. The fourth-order valence-corrected chi connectivity index (χ4v) is 3.19. The SMILES string of the molecule is CCO/C=C(\c1ccccc1)S(=O)(=O)c1ccccc1. The maximum absolute atomic E-state index is 12.7. The van der Waals surface area contributed by atoms with Crippen LogP contribution in [0.5, 0.6) is 0 Å². The third-order valence-electron chi connectivity index (χ3n) is 2.76. The van der Waals surface area contributed by atoms with Crippen LogP contribution in [-0.2, 0) is 14.6 Å². The Labute approximate surface area is 119 Å². The van der Waals surface area contributed by atoms with Gasteiger partial charge in [0.05, 0.1) is 11.5 Å². The molecule has 0 aromatic heterocycles. The number of benzene rings is 2. The topological polar surface area (TPSA) is 43.4 Å². The van der Waals surface area contributed by atoms with Crippen LogP contribution in [0.4, 0.5) is 0 Å². The smallest absolute Gasteiger partial charge is 0.210 e. The Morgan fingerprint density at radius 2 is 1.55 bits per heavy atom. The predicted octanol–water partition coefficient (Wildman–Crippen LogP) is 3.50. The van der Waals surface area contributed by atoms with Crippen LogP contribution in [0.3, 0.4) is 0 Å². The van der Waals surface area contributed by atoms with Crippen LogP contribution in [-0.4, -0.2) is 15.0 Å². The van der Waals surface area contributed by atoms with Crippen LogP contribution in [0.2, 0.25) is 0 Å². The molecule has 0 spiro atoms. The molecule has 0 heterocycles. The van der Waals surface area contributed by atoms with Crippen LogP contribution in [0.25, 0.3) is 4.91 Å². The summed E-state index contributed by atoms with van der Waals surface area (Å²) in [5, 5.41) is 0. The van der Waals surface area contributed by atoms with E-state index in [0.29, 0.717) is 12.2 Å². The van der Waals surface area contributed by atoms with Gasteiger partial charge in [0.25, 0.3) is 0 Å². The van der Waals surface area contributed by atoms with Gasteiger partial charge in [0, 0.05) is 0 Å². The van der Waals surface area contributed by atoms with Crippen molar-refractivity contribution in [3.8, 4) is 0 Å². The number of ether oxygens (including phenoxy) is 1. The zero-order chi connectivity index (χ0) is 14.4. The van der Waals surface area contributed by atoms with Crippen LogP contribution in [0, 0.1) is 0 Å². The molecule has 104 valence electrons. The highest BCUT2D eigenvalue weighted by molar-refractivity contribution is 8.00. The van der Waals surface area contributed by atoms with Crippen molar-refractivity contribution in [2.75, 3.05) is 6.61 Å². The fraction of sp³-hybridized carbons (Fsp3) is 0.125. The van der Waals surface area contributed by atoms with Gasteiger partial charge in [0.2, 0.25) is 9.84 Å². The minimum absolute atomic E-state index is 0.172. The van der Waals surface area contributed by atoms with Gasteiger partial charge in [0.1, 0.15) is 11.2 Å². The van der Waals surface area contributed by atoms with E-state index < -0.39 is 9.84 Å². The number of sulfone groups is 1. The molecule has 0 aliphatic heterocycles. The standard InChI is InChI=1S/C16H16O3S/c1-2-19-13-16(14-9-5-3-6-10-14)20(17,18)15-11-7-4-8-12-15/h3-13H,2H2,1H3/b16-13+. The molecular formula is C16H16O3S. The van der Waals surface area contributed by atoms with Crippen LogP contribution < -0.4 is 0 Å². The Morgan fingerprint density at radius 1 is 1.00 bits per heavy atom. The second-order valence-electron chi connectivity index (χ2n) is 4.12. The largest absolute Gasteiger partial charge is 0.500 e. The Hall–Kier alpha value is -2.07. The van der Waals surface area contributed by atoms with E-state index in [-0.39, 0.29) is 9.80 Å². The molecule has 0 radical (unpaired) electrons. The van der Waals surface area contributed by atoms with Gasteiger partial charge in [-0.05, 0) is 24.6 Å². The maximum Gasteiger partial charge on any atom is 0.210 e. The van der Waals surface area contributed by atoms with Crippen LogP contribution >= 0.6 is 0 Å². The normalized spacial score (nSPS) is 12.2. The van der Waals surface area contributed by atoms with E-state index in [1.807, 2.05) is 13.0 Å². The minimum Gasteiger partial charge on any atom is -0.500 e. The molecule has 0 N–H and O–H groups in total. The molecule has 0 aliphatic rings. The van der Waals surface area contributed by atoms with Crippen molar-refractivity contribution < 1.29 is 13.2 Å². The number of hydrogen-bond acceptors (Lipinski definition) is 3. The van der Waals surface area contributed by atoms with Crippen LogP contribution in [0.15, 0.2) is 71.8 Å². The summed E-state index contributed by atoms with van der Waals surface area (Å²) < 4.78 is 30.6. The second-order valence-corrected chi connectivity index (χ2v) is 6.04. The molecule has 0 saturated heterocycles. The van der Waals surface area contributed by atoms with E-state index in [1.54, 1.807) is 54.6 Å². The molecular weight excluding hydrogens is 272 g/mol. The maximum atomic E-state index is 12.7. The quantitative estimate of drug-likeness (QED) is 0.791. The molecule has 0 fully saturated rings. The average molecular weight is 288 g/mol. The van der Waals surface area contributed by atoms with Gasteiger partial charge in [-0.3, -0.25) is 0 Å². The first-order chi connectivity index (χ1) is 9.66. The van der Waals surface area contributed by atoms with Gasteiger partial charge in [-0.2, -0.15) is 0 Å². The molecule has 2 aromatic carbocycles. The van der Waals surface area contributed by atoms with Crippen molar-refractivity contribution in [1.29, 1.82) is 0 Å². The van der Waals surface area contributed by atoms with Gasteiger partial charge >= 0.3 is 0 Å². The van der Waals surface area contributed by atoms with E-state index in [4.69, 9.17) is 4.74 Å². The van der Waals surface area contributed by atoms with Crippen molar-refractivity contribution in [1.82, 2.24) is 0 Å². The first-order valence-electron chi connectivity index (χ1n) is 6.33. The molecule has 20 heavy (non-hydrogen) atoms. The van der Waals surface area contributed by atoms with Gasteiger partial charge in [-0.1, -0.05) is 48.5 Å². The van der Waals surface area contributed by atoms with Crippen molar-refractivity contribution >= 4 is 14.7 Å². The van der Waals surface area contributed by atoms with Gasteiger partial charge in [-0.25, -0.2) is 8.42 Å². The summed E-state index contributed by atoms with van der Waals surface area (Å²) in [7, 11) is -3.59. The third-order valence-corrected chi connectivity index (χ3v) is 4.56. The molecule has 0 unspecified atom stereocenters. The zero-order valence-corrected chi connectivity index (χ0v) is 12.0. The minimum atomic E-state index is -3.59. The molecule has 0 saturated carbocycles. The molecule has 3 nitrogen and oxygen atoms in total. The Kier molecular flexibility index (Phi) is 4.58. The molecule has 0 amide bonds. The van der Waals surface area contributed by atoms with E-state index in [0.717, 1.165) is 0 Å². The summed E-state index contributed by atoms with van der Waals surface area (Å²) in [6.45, 7) is 2.23. The lowest BCUT2D eigenvalue weighted by molar-refractivity contribution is 0.271. The second kappa shape index (κ2) is 6.39. The lowest BCUT2D eigenvalue weighted by atomic mass is 10.2. The first-order valence-corrected chi connectivity index (χ1v) is 7.82. The first kappa shape index (κ1) is 14.3. The van der Waals surface area contributed by atoms with Gasteiger partial charge in [-0.15, -0.1) is 0 Å². The summed E-state index contributed by atoms with van der Waals surface area (Å²) in [5.74, 6) is 0. The summed E-state index contributed by atoms with van der Waals surface area (Å²) >= 11 is 0. The van der Waals surface area contributed by atoms with Crippen LogP contribution in [0.1, 0.15) is 12.5 Å². The Morgan fingerprint density at radius 3 is 2.10 bits per heavy atom. The monoisotopic (exact) mass is 288 g/mol. The predicted molar refractivity (Wildman–Crippen MR) is 79.7 cm³/mol. The lowest BCUT2D eigenvalue weighted by Gasteiger charge is -2.09. The highest BCUT2D eigenvalue weighted by Gasteiger charge is 2.22. The van der Waals surface area contributed by atoms with Crippen molar-refractivity contribution in [3.05, 3.63) is 72.5 Å². The van der Waals surface area contributed by atoms with Crippen molar-refractivity contribution in [3.63, 3.8) is 0 Å². The Bertz CT molecular complexity index is 674. The van der Waals surface area contributed by atoms with Crippen molar-refractivity contribution in [2.45, 2.75) is 11.8 Å². The molecule has 2 rings (SSSR count). The third kappa shape index (κ3) is 3.08. The highest BCUT2D eigenvalue weighted by Crippen LogP contribution is 2.27. The van der Waals surface area contributed by atoms with Crippen molar-refractivity contribution in [2.24, 2.45) is 0 Å². The zero-order valence-electron chi connectivity index (χ0n) is 11.2.